The van der Waals surface area contributed by atoms with Gasteiger partial charge >= 0.3 is 6.09 Å². The van der Waals surface area contributed by atoms with E-state index in [1.807, 2.05) is 0 Å². The molecule has 0 bridgehead atoms. The molecule has 0 spiro atoms. The first-order chi connectivity index (χ1) is 8.68. The van der Waals surface area contributed by atoms with Crippen molar-refractivity contribution >= 4 is 17.1 Å². The van der Waals surface area contributed by atoms with Crippen LogP contribution in [0.25, 0.3) is 11.0 Å². The van der Waals surface area contributed by atoms with Gasteiger partial charge in [0.1, 0.15) is 11.0 Å². The topological polar surface area (TPSA) is 102 Å². The molecule has 0 aliphatic carbocycles. The molecule has 0 saturated carbocycles. The van der Waals surface area contributed by atoms with E-state index in [1.54, 1.807) is 6.20 Å². The molecule has 1 unspecified atom stereocenters. The molecule has 1 amide bonds. The van der Waals surface area contributed by atoms with Crippen molar-refractivity contribution in [2.75, 3.05) is 6.54 Å². The first-order valence-corrected chi connectivity index (χ1v) is 5.72. The lowest BCUT2D eigenvalue weighted by atomic mass is 10.1. The van der Waals surface area contributed by atoms with Crippen LogP contribution in [0.3, 0.4) is 0 Å². The van der Waals surface area contributed by atoms with E-state index in [2.05, 4.69) is 15.0 Å². The molecule has 3 heterocycles. The van der Waals surface area contributed by atoms with Crippen LogP contribution in [-0.4, -0.2) is 37.6 Å². The maximum atomic E-state index is 11.6. The van der Waals surface area contributed by atoms with E-state index < -0.39 is 6.09 Å². The van der Waals surface area contributed by atoms with Crippen molar-refractivity contribution in [1.29, 1.82) is 0 Å². The molecule has 1 saturated heterocycles. The summed E-state index contributed by atoms with van der Waals surface area (Å²) >= 11 is 0. The number of rotatable bonds is 1. The zero-order chi connectivity index (χ0) is 12.7. The average molecular weight is 248 g/mol. The molecular formula is C11H12N4O3. The first kappa shape index (κ1) is 10.8. The lowest BCUT2D eigenvalue weighted by Gasteiger charge is -2.20. The average Bonchev–Trinajstić information content (AvgIpc) is 2.94. The fourth-order valence-corrected chi connectivity index (χ4v) is 2.54. The quantitative estimate of drug-likeness (QED) is 0.702. The van der Waals surface area contributed by atoms with Crippen molar-refractivity contribution in [2.24, 2.45) is 0 Å². The van der Waals surface area contributed by atoms with E-state index in [0.29, 0.717) is 17.6 Å². The number of carboxylic acid groups (broad SMARTS) is 1. The third kappa shape index (κ3) is 1.47. The minimum absolute atomic E-state index is 0.217. The summed E-state index contributed by atoms with van der Waals surface area (Å²) in [7, 11) is 0. The summed E-state index contributed by atoms with van der Waals surface area (Å²) in [5, 5.41) is 9.14. The highest BCUT2D eigenvalue weighted by Gasteiger charge is 2.31. The number of aromatic amines is 2. The monoisotopic (exact) mass is 248 g/mol. The molecule has 1 fully saturated rings. The third-order valence-electron chi connectivity index (χ3n) is 3.36. The molecule has 2 aromatic heterocycles. The Morgan fingerprint density at radius 3 is 3.11 bits per heavy atom. The van der Waals surface area contributed by atoms with Crippen molar-refractivity contribution in [2.45, 2.75) is 18.9 Å². The van der Waals surface area contributed by atoms with Crippen LogP contribution < -0.4 is 5.56 Å². The van der Waals surface area contributed by atoms with Gasteiger partial charge in [0.15, 0.2) is 0 Å². The fourth-order valence-electron chi connectivity index (χ4n) is 2.54. The van der Waals surface area contributed by atoms with Crippen LogP contribution in [0.15, 0.2) is 17.3 Å². The maximum Gasteiger partial charge on any atom is 0.407 e. The molecule has 7 heteroatoms. The zero-order valence-electron chi connectivity index (χ0n) is 9.51. The van der Waals surface area contributed by atoms with E-state index in [9.17, 15) is 9.59 Å². The van der Waals surface area contributed by atoms with Crippen molar-refractivity contribution < 1.29 is 9.90 Å². The number of fused-ring (bicyclic) bond motifs is 1. The summed E-state index contributed by atoms with van der Waals surface area (Å²) in [4.78, 5) is 33.6. The van der Waals surface area contributed by atoms with Crippen LogP contribution in [0.5, 0.6) is 0 Å². The molecule has 3 N–H and O–H groups in total. The van der Waals surface area contributed by atoms with Crippen LogP contribution in [0.4, 0.5) is 4.79 Å². The molecule has 1 aliphatic heterocycles. The van der Waals surface area contributed by atoms with Gasteiger partial charge in [-0.1, -0.05) is 0 Å². The van der Waals surface area contributed by atoms with Gasteiger partial charge in [-0.2, -0.15) is 0 Å². The molecule has 7 nitrogen and oxygen atoms in total. The Morgan fingerprint density at radius 1 is 1.50 bits per heavy atom. The number of nitrogens with zero attached hydrogens (tertiary/aromatic N) is 2. The predicted octanol–water partition coefficient (Wildman–Crippen LogP) is 1.07. The summed E-state index contributed by atoms with van der Waals surface area (Å²) in [6, 6.07) is -0.217. The lowest BCUT2D eigenvalue weighted by Crippen LogP contribution is -2.28. The van der Waals surface area contributed by atoms with Crippen LogP contribution in [-0.2, 0) is 0 Å². The molecular weight excluding hydrogens is 236 g/mol. The van der Waals surface area contributed by atoms with Gasteiger partial charge in [-0.25, -0.2) is 9.78 Å². The molecule has 94 valence electrons. The standard InChI is InChI=1S/C11H12N4O3/c16-10-9-8(13-5-14-10)6(4-12-9)7-2-1-3-15(7)11(17)18/h4-5,7,12H,1-3H2,(H,17,18)(H,13,14,16). The number of nitrogens with one attached hydrogen (secondary N) is 2. The number of carbonyl (C=O) groups is 1. The van der Waals surface area contributed by atoms with Gasteiger partial charge in [0.2, 0.25) is 0 Å². The maximum absolute atomic E-state index is 11.6. The van der Waals surface area contributed by atoms with Crippen molar-refractivity contribution in [3.05, 3.63) is 28.4 Å². The van der Waals surface area contributed by atoms with Crippen LogP contribution in [0.2, 0.25) is 0 Å². The number of H-pyrrole nitrogens is 2. The van der Waals surface area contributed by atoms with E-state index in [0.717, 1.165) is 18.4 Å². The lowest BCUT2D eigenvalue weighted by molar-refractivity contribution is 0.140. The van der Waals surface area contributed by atoms with Gasteiger partial charge in [-0.3, -0.25) is 4.79 Å². The molecule has 1 aliphatic rings. The van der Waals surface area contributed by atoms with Crippen molar-refractivity contribution in [3.8, 4) is 0 Å². The third-order valence-corrected chi connectivity index (χ3v) is 3.36. The Balaban J connectivity index is 2.12. The van der Waals surface area contributed by atoms with Gasteiger partial charge in [0.05, 0.1) is 12.4 Å². The Hall–Kier alpha value is -2.31. The second-order valence-corrected chi connectivity index (χ2v) is 4.33. The summed E-state index contributed by atoms with van der Waals surface area (Å²) < 4.78 is 0. The molecule has 0 radical (unpaired) electrons. The Bertz CT molecular complexity index is 660. The smallest absolute Gasteiger partial charge is 0.407 e. The number of likely N-dealkylation sites (tertiary alicyclic amines) is 1. The normalized spacial score (nSPS) is 19.6. The van der Waals surface area contributed by atoms with Gasteiger partial charge in [-0.05, 0) is 12.8 Å². The van der Waals surface area contributed by atoms with Gasteiger partial charge in [-0.15, -0.1) is 0 Å². The van der Waals surface area contributed by atoms with E-state index >= 15 is 0 Å². The minimum atomic E-state index is -0.934. The summed E-state index contributed by atoms with van der Waals surface area (Å²) in [6.07, 6.45) is 3.67. The molecule has 0 aromatic carbocycles. The van der Waals surface area contributed by atoms with Crippen LogP contribution in [0.1, 0.15) is 24.4 Å². The van der Waals surface area contributed by atoms with E-state index in [1.165, 1.54) is 11.2 Å². The highest BCUT2D eigenvalue weighted by Crippen LogP contribution is 2.34. The largest absolute Gasteiger partial charge is 0.465 e. The zero-order valence-corrected chi connectivity index (χ0v) is 9.51. The summed E-state index contributed by atoms with van der Waals surface area (Å²) in [5.41, 5.74) is 1.48. The first-order valence-electron chi connectivity index (χ1n) is 5.72. The number of amides is 1. The predicted molar refractivity (Wildman–Crippen MR) is 63.4 cm³/mol. The summed E-state index contributed by atoms with van der Waals surface area (Å²) in [5.74, 6) is 0. The van der Waals surface area contributed by atoms with Gasteiger partial charge < -0.3 is 20.0 Å². The van der Waals surface area contributed by atoms with Crippen LogP contribution >= 0.6 is 0 Å². The highest BCUT2D eigenvalue weighted by atomic mass is 16.4. The number of hydrogen-bond donors (Lipinski definition) is 3. The SMILES string of the molecule is O=C(O)N1CCCC1c1c[nH]c2c(=O)[nH]cnc12. The summed E-state index contributed by atoms with van der Waals surface area (Å²) in [6.45, 7) is 0.524. The van der Waals surface area contributed by atoms with Crippen molar-refractivity contribution in [3.63, 3.8) is 0 Å². The van der Waals surface area contributed by atoms with E-state index in [-0.39, 0.29) is 11.6 Å². The van der Waals surface area contributed by atoms with Crippen molar-refractivity contribution in [1.82, 2.24) is 19.9 Å². The molecule has 1 atom stereocenters. The van der Waals surface area contributed by atoms with Crippen LogP contribution in [0, 0.1) is 0 Å². The number of hydrogen-bond acceptors (Lipinski definition) is 3. The Morgan fingerprint density at radius 2 is 2.33 bits per heavy atom. The van der Waals surface area contributed by atoms with E-state index in [4.69, 9.17) is 5.11 Å². The minimum Gasteiger partial charge on any atom is -0.465 e. The molecule has 2 aromatic rings. The molecule has 3 rings (SSSR count). The number of aromatic nitrogens is 3. The highest BCUT2D eigenvalue weighted by molar-refractivity contribution is 5.79. The molecule has 18 heavy (non-hydrogen) atoms. The Labute approximate surface area is 101 Å². The Kier molecular flexibility index (Phi) is 2.32. The van der Waals surface area contributed by atoms with Gasteiger partial charge in [0.25, 0.3) is 5.56 Å². The fraction of sp³-hybridized carbons (Fsp3) is 0.364. The van der Waals surface area contributed by atoms with Gasteiger partial charge in [0, 0.05) is 18.3 Å². The second-order valence-electron chi connectivity index (χ2n) is 4.33. The second kappa shape index (κ2) is 3.86.